The van der Waals surface area contributed by atoms with Crippen LogP contribution < -0.4 is 0 Å². The molecule has 0 spiro atoms. The van der Waals surface area contributed by atoms with Crippen LogP contribution in [-0.2, 0) is 9.53 Å². The number of hydrogen-bond donors (Lipinski definition) is 2. The van der Waals surface area contributed by atoms with Crippen LogP contribution in [0.3, 0.4) is 0 Å². The Morgan fingerprint density at radius 1 is 0.783 bits per heavy atom. The second-order valence-electron chi connectivity index (χ2n) is 6.55. The van der Waals surface area contributed by atoms with Gasteiger partial charge in [-0.3, -0.25) is 4.79 Å². The number of unbranched alkanes of at least 4 members (excludes halogenated alkanes) is 12. The van der Waals surface area contributed by atoms with Crippen molar-refractivity contribution < 1.29 is 19.7 Å². The predicted octanol–water partition coefficient (Wildman–Crippen LogP) is 4.36. The van der Waals surface area contributed by atoms with E-state index in [4.69, 9.17) is 5.11 Å². The molecule has 0 aromatic rings. The van der Waals surface area contributed by atoms with Crippen molar-refractivity contribution in [3.05, 3.63) is 0 Å². The standard InChI is InChI=1S/C19H38O4/c1-23-19(22)16-14-12-10-8-6-4-2-3-5-7-9-11-13-15-18(21)17-20/h18,20-21H,2-17H2,1H3/t18-/m0/s1. The number of ether oxygens (including phenoxy) is 1. The highest BCUT2D eigenvalue weighted by Gasteiger charge is 2.01. The zero-order chi connectivity index (χ0) is 17.2. The maximum atomic E-state index is 10.9. The average molecular weight is 331 g/mol. The van der Waals surface area contributed by atoms with Crippen molar-refractivity contribution in [2.45, 2.75) is 102 Å². The monoisotopic (exact) mass is 330 g/mol. The number of hydrogen-bond acceptors (Lipinski definition) is 4. The van der Waals surface area contributed by atoms with E-state index in [0.717, 1.165) is 25.7 Å². The van der Waals surface area contributed by atoms with Crippen molar-refractivity contribution in [2.24, 2.45) is 0 Å². The molecule has 4 nitrogen and oxygen atoms in total. The molecule has 0 rings (SSSR count). The van der Waals surface area contributed by atoms with E-state index in [1.165, 1.54) is 71.3 Å². The Hall–Kier alpha value is -0.610. The van der Waals surface area contributed by atoms with Gasteiger partial charge in [-0.25, -0.2) is 0 Å². The van der Waals surface area contributed by atoms with Crippen molar-refractivity contribution in [3.8, 4) is 0 Å². The van der Waals surface area contributed by atoms with Gasteiger partial charge in [-0.15, -0.1) is 0 Å². The second-order valence-corrected chi connectivity index (χ2v) is 6.55. The summed E-state index contributed by atoms with van der Waals surface area (Å²) in [5.41, 5.74) is 0. The number of aliphatic hydroxyl groups is 2. The molecule has 0 radical (unpaired) electrons. The van der Waals surface area contributed by atoms with E-state index in [0.29, 0.717) is 6.42 Å². The number of esters is 1. The first-order valence-corrected chi connectivity index (χ1v) is 9.56. The lowest BCUT2D eigenvalue weighted by atomic mass is 10.0. The quantitative estimate of drug-likeness (QED) is 0.307. The Kier molecular flexibility index (Phi) is 17.3. The topological polar surface area (TPSA) is 66.8 Å². The fraction of sp³-hybridized carbons (Fsp3) is 0.947. The van der Waals surface area contributed by atoms with E-state index in [-0.39, 0.29) is 12.6 Å². The first kappa shape index (κ1) is 22.4. The molecule has 0 aliphatic heterocycles. The third-order valence-corrected chi connectivity index (χ3v) is 4.36. The lowest BCUT2D eigenvalue weighted by Gasteiger charge is -2.06. The Bertz CT molecular complexity index is 256. The van der Waals surface area contributed by atoms with Crippen molar-refractivity contribution in [1.82, 2.24) is 0 Å². The van der Waals surface area contributed by atoms with Crippen molar-refractivity contribution in [2.75, 3.05) is 13.7 Å². The molecule has 0 bridgehead atoms. The lowest BCUT2D eigenvalue weighted by Crippen LogP contribution is -2.10. The Balaban J connectivity index is 3.04. The molecule has 0 saturated carbocycles. The van der Waals surface area contributed by atoms with Crippen LogP contribution in [0.15, 0.2) is 0 Å². The van der Waals surface area contributed by atoms with Gasteiger partial charge in [0.1, 0.15) is 0 Å². The Morgan fingerprint density at radius 3 is 1.57 bits per heavy atom. The lowest BCUT2D eigenvalue weighted by molar-refractivity contribution is -0.140. The first-order valence-electron chi connectivity index (χ1n) is 9.56. The molecular weight excluding hydrogens is 292 g/mol. The highest BCUT2D eigenvalue weighted by Crippen LogP contribution is 2.13. The summed E-state index contributed by atoms with van der Waals surface area (Å²) in [6.45, 7) is -0.106. The molecule has 4 heteroatoms. The van der Waals surface area contributed by atoms with Gasteiger partial charge < -0.3 is 14.9 Å². The van der Waals surface area contributed by atoms with Crippen molar-refractivity contribution in [3.63, 3.8) is 0 Å². The molecule has 0 fully saturated rings. The van der Waals surface area contributed by atoms with Crippen molar-refractivity contribution >= 4 is 5.97 Å². The summed E-state index contributed by atoms with van der Waals surface area (Å²) in [6, 6.07) is 0. The van der Waals surface area contributed by atoms with Gasteiger partial charge >= 0.3 is 5.97 Å². The molecule has 0 unspecified atom stereocenters. The molecule has 0 aromatic heterocycles. The summed E-state index contributed by atoms with van der Waals surface area (Å²) in [7, 11) is 1.45. The molecule has 1 atom stereocenters. The van der Waals surface area contributed by atoms with E-state index < -0.39 is 6.10 Å². The van der Waals surface area contributed by atoms with Gasteiger partial charge in [0.25, 0.3) is 0 Å². The third kappa shape index (κ3) is 17.6. The van der Waals surface area contributed by atoms with Gasteiger partial charge in [-0.1, -0.05) is 77.0 Å². The molecule has 2 N–H and O–H groups in total. The van der Waals surface area contributed by atoms with Gasteiger partial charge in [-0.05, 0) is 12.8 Å². The van der Waals surface area contributed by atoms with Crippen LogP contribution in [0, 0.1) is 0 Å². The largest absolute Gasteiger partial charge is 0.469 e. The van der Waals surface area contributed by atoms with Crippen LogP contribution in [-0.4, -0.2) is 36.0 Å². The summed E-state index contributed by atoms with van der Waals surface area (Å²) in [6.07, 6.45) is 16.8. The van der Waals surface area contributed by atoms with E-state index >= 15 is 0 Å². The highest BCUT2D eigenvalue weighted by atomic mass is 16.5. The third-order valence-electron chi connectivity index (χ3n) is 4.36. The van der Waals surface area contributed by atoms with Gasteiger partial charge in [0, 0.05) is 6.42 Å². The molecule has 0 heterocycles. The molecule has 0 amide bonds. The first-order chi connectivity index (χ1) is 11.2. The van der Waals surface area contributed by atoms with Crippen molar-refractivity contribution in [1.29, 1.82) is 0 Å². The van der Waals surface area contributed by atoms with Gasteiger partial charge in [-0.2, -0.15) is 0 Å². The second kappa shape index (κ2) is 17.7. The normalized spacial score (nSPS) is 12.3. The van der Waals surface area contributed by atoms with Gasteiger partial charge in [0.05, 0.1) is 19.8 Å². The zero-order valence-corrected chi connectivity index (χ0v) is 15.1. The molecule has 0 aliphatic carbocycles. The Morgan fingerprint density at radius 2 is 1.17 bits per heavy atom. The van der Waals surface area contributed by atoms with E-state index in [2.05, 4.69) is 4.74 Å². The molecule has 0 saturated heterocycles. The number of carbonyl (C=O) groups is 1. The summed E-state index contributed by atoms with van der Waals surface area (Å²) in [5, 5.41) is 17.9. The fourth-order valence-electron chi connectivity index (χ4n) is 2.79. The minimum Gasteiger partial charge on any atom is -0.469 e. The van der Waals surface area contributed by atoms with Crippen LogP contribution >= 0.6 is 0 Å². The molecule has 23 heavy (non-hydrogen) atoms. The predicted molar refractivity (Wildman–Crippen MR) is 94.4 cm³/mol. The highest BCUT2D eigenvalue weighted by molar-refractivity contribution is 5.68. The van der Waals surface area contributed by atoms with E-state index in [9.17, 15) is 9.90 Å². The SMILES string of the molecule is COC(=O)CCCCCCCCCCCCCCC[C@H](O)CO. The van der Waals surface area contributed by atoms with Gasteiger partial charge in [0.2, 0.25) is 0 Å². The summed E-state index contributed by atoms with van der Waals surface area (Å²) in [4.78, 5) is 10.9. The zero-order valence-electron chi connectivity index (χ0n) is 15.1. The maximum absolute atomic E-state index is 10.9. The average Bonchev–Trinajstić information content (AvgIpc) is 2.57. The maximum Gasteiger partial charge on any atom is 0.305 e. The van der Waals surface area contributed by atoms with Gasteiger partial charge in [0.15, 0.2) is 0 Å². The number of aliphatic hydroxyl groups excluding tert-OH is 2. The Labute approximate surface area is 142 Å². The fourth-order valence-corrected chi connectivity index (χ4v) is 2.79. The minimum absolute atomic E-state index is 0.0884. The van der Waals surface area contributed by atoms with Crippen LogP contribution in [0.2, 0.25) is 0 Å². The summed E-state index contributed by atoms with van der Waals surface area (Å²) >= 11 is 0. The van der Waals surface area contributed by atoms with E-state index in [1.54, 1.807) is 0 Å². The summed E-state index contributed by atoms with van der Waals surface area (Å²) < 4.78 is 4.62. The van der Waals surface area contributed by atoms with Crippen LogP contribution in [0.25, 0.3) is 0 Å². The smallest absolute Gasteiger partial charge is 0.305 e. The number of methoxy groups -OCH3 is 1. The summed E-state index contributed by atoms with van der Waals surface area (Å²) in [5.74, 6) is -0.0884. The molecule has 0 aromatic carbocycles. The number of carbonyl (C=O) groups excluding carboxylic acids is 1. The van der Waals surface area contributed by atoms with Crippen LogP contribution in [0.1, 0.15) is 96.3 Å². The molecule has 0 aliphatic rings. The minimum atomic E-state index is -0.518. The molecular formula is C19H38O4. The van der Waals surface area contributed by atoms with Crippen LogP contribution in [0.4, 0.5) is 0 Å². The van der Waals surface area contributed by atoms with Crippen LogP contribution in [0.5, 0.6) is 0 Å². The molecule has 138 valence electrons. The number of rotatable bonds is 17. The van der Waals surface area contributed by atoms with E-state index in [1.807, 2.05) is 0 Å².